The molecule has 0 fully saturated rings. The summed E-state index contributed by atoms with van der Waals surface area (Å²) in [5, 5.41) is 0. The van der Waals surface area contributed by atoms with Gasteiger partial charge in [-0.3, -0.25) is 0 Å². The van der Waals surface area contributed by atoms with Crippen LogP contribution in [-0.4, -0.2) is 112 Å². The first kappa shape index (κ1) is 24.3. The van der Waals surface area contributed by atoms with E-state index in [4.69, 9.17) is 0 Å². The molecule has 17 valence electrons. The maximum Gasteiger partial charge on any atom is 0.316 e. The van der Waals surface area contributed by atoms with Crippen molar-refractivity contribution in [2.24, 2.45) is 0 Å². The molecule has 1 unspecified atom stereocenters. The second kappa shape index (κ2) is 15.7. The first-order chi connectivity index (χ1) is 0. The quantitative estimate of drug-likeness (QED) is 0.267. The van der Waals surface area contributed by atoms with Crippen molar-refractivity contribution in [2.45, 2.75) is 0 Å². The Balaban J connectivity index is 0. The SMILES string of the molecule is P.[CaH2].[K].[MgH2]. The van der Waals surface area contributed by atoms with Crippen molar-refractivity contribution in [1.29, 1.82) is 0 Å². The predicted molar refractivity (Wildman–Crippen MR) is 33.9 cm³/mol. The maximum atomic E-state index is 0. The summed E-state index contributed by atoms with van der Waals surface area (Å²) in [6, 6.07) is 0. The first-order valence-corrected chi connectivity index (χ1v) is 0. The number of hydrogen-bond acceptors (Lipinski definition) is 0. The van der Waals surface area contributed by atoms with Crippen LogP contribution in [0.15, 0.2) is 0 Å². The Kier molecular flexibility index (Phi) is 95.5. The Hall–Kier alpha value is 4.09. The molecular formula is H7CaKMgP. The molecule has 0 saturated carbocycles. The molecule has 0 heterocycles. The van der Waals surface area contributed by atoms with Crippen LogP contribution in [0.2, 0.25) is 0 Å². The summed E-state index contributed by atoms with van der Waals surface area (Å²) < 4.78 is 0. The molecule has 0 bridgehead atoms. The fourth-order valence-corrected chi connectivity index (χ4v) is 0. The molecule has 1 radical (unpaired) electrons. The predicted octanol–water partition coefficient (Wildman–Crippen LogP) is -2.16. The monoisotopic (exact) mass is 141 g/mol. The van der Waals surface area contributed by atoms with Crippen LogP contribution < -0.4 is 0 Å². The van der Waals surface area contributed by atoms with Gasteiger partial charge in [-0.2, -0.15) is 9.90 Å². The average Bonchev–Trinajstić information content (AvgIpc) is 0. The van der Waals surface area contributed by atoms with Crippen molar-refractivity contribution < 1.29 is 0 Å². The van der Waals surface area contributed by atoms with E-state index in [2.05, 4.69) is 0 Å². The van der Waals surface area contributed by atoms with Gasteiger partial charge in [0, 0.05) is 51.4 Å². The van der Waals surface area contributed by atoms with E-state index in [0.29, 0.717) is 0 Å². The molecule has 0 rings (SSSR count). The van der Waals surface area contributed by atoms with Crippen LogP contribution in [0, 0.1) is 0 Å². The third-order valence-electron chi connectivity index (χ3n) is 0. The van der Waals surface area contributed by atoms with Crippen LogP contribution in [0.3, 0.4) is 0 Å². The molecule has 4 heteroatoms. The van der Waals surface area contributed by atoms with Crippen LogP contribution in [0.5, 0.6) is 0 Å². The van der Waals surface area contributed by atoms with Gasteiger partial charge in [-0.25, -0.2) is 0 Å². The van der Waals surface area contributed by atoms with E-state index in [-0.39, 0.29) is 122 Å². The van der Waals surface area contributed by atoms with E-state index in [1.807, 2.05) is 0 Å². The maximum absolute atomic E-state index is 0. The molecule has 0 aliphatic heterocycles. The summed E-state index contributed by atoms with van der Waals surface area (Å²) in [6.07, 6.45) is 0. The van der Waals surface area contributed by atoms with Crippen molar-refractivity contribution in [1.82, 2.24) is 0 Å². The molecule has 0 amide bonds. The van der Waals surface area contributed by atoms with Crippen molar-refractivity contribution in [2.75, 3.05) is 0 Å². The largest absolute Gasteiger partial charge is 0.316 e. The molecule has 0 aromatic carbocycles. The molecule has 1 atom stereocenters. The van der Waals surface area contributed by atoms with E-state index in [9.17, 15) is 0 Å². The van der Waals surface area contributed by atoms with Gasteiger partial charge in [0.25, 0.3) is 0 Å². The van der Waals surface area contributed by atoms with Crippen molar-refractivity contribution in [3.63, 3.8) is 0 Å². The topological polar surface area (TPSA) is 0 Å². The van der Waals surface area contributed by atoms with Crippen LogP contribution in [-0.2, 0) is 0 Å². The normalized spacial score (nSPS) is 0. The summed E-state index contributed by atoms with van der Waals surface area (Å²) in [4.78, 5) is 0. The third-order valence-corrected chi connectivity index (χ3v) is 0. The number of rotatable bonds is 0. The van der Waals surface area contributed by atoms with Gasteiger partial charge in [-0.05, 0) is 0 Å². The minimum atomic E-state index is 0. The summed E-state index contributed by atoms with van der Waals surface area (Å²) in [7, 11) is 0. The van der Waals surface area contributed by atoms with Crippen molar-refractivity contribution in [3.05, 3.63) is 0 Å². The fourth-order valence-electron chi connectivity index (χ4n) is 0. The van der Waals surface area contributed by atoms with Crippen molar-refractivity contribution >= 4 is 122 Å². The first-order valence-electron chi connectivity index (χ1n) is 0. The van der Waals surface area contributed by atoms with Crippen LogP contribution in [0.1, 0.15) is 0 Å². The third kappa shape index (κ3) is 9.43. The van der Waals surface area contributed by atoms with E-state index >= 15 is 0 Å². The smallest absolute Gasteiger partial charge is 0 e. The Bertz CT molecular complexity index is 8.00. The molecule has 0 spiro atoms. The minimum Gasteiger partial charge on any atom is 0 e. The van der Waals surface area contributed by atoms with Gasteiger partial charge in [0.2, 0.25) is 0 Å². The van der Waals surface area contributed by atoms with Crippen LogP contribution in [0.4, 0.5) is 0 Å². The summed E-state index contributed by atoms with van der Waals surface area (Å²) in [5.41, 5.74) is 0. The molecule has 0 aliphatic rings. The van der Waals surface area contributed by atoms with Gasteiger partial charge in [-0.1, -0.05) is 0 Å². The molecule has 0 nitrogen and oxygen atoms in total. The molecule has 0 N–H and O–H groups in total. The molecule has 0 saturated heterocycles. The summed E-state index contributed by atoms with van der Waals surface area (Å²) >= 11 is 0. The van der Waals surface area contributed by atoms with E-state index in [1.165, 1.54) is 0 Å². The van der Waals surface area contributed by atoms with Crippen LogP contribution >= 0.6 is 9.90 Å². The second-order valence-electron chi connectivity index (χ2n) is 0. The molecular weight excluding hydrogens is 134 g/mol. The van der Waals surface area contributed by atoms with Crippen molar-refractivity contribution in [3.8, 4) is 0 Å². The summed E-state index contributed by atoms with van der Waals surface area (Å²) in [5.74, 6) is 0. The Labute approximate surface area is 118 Å². The minimum absolute atomic E-state index is 0. The van der Waals surface area contributed by atoms with E-state index in [1.54, 1.807) is 0 Å². The Morgan fingerprint density at radius 2 is 1.00 bits per heavy atom. The van der Waals surface area contributed by atoms with E-state index < -0.39 is 0 Å². The zero-order valence-corrected chi connectivity index (χ0v) is 6.24. The Morgan fingerprint density at radius 3 is 1.00 bits per heavy atom. The zero-order chi connectivity index (χ0) is 0. The molecule has 4 heavy (non-hydrogen) atoms. The Morgan fingerprint density at radius 1 is 1.00 bits per heavy atom. The van der Waals surface area contributed by atoms with Crippen LogP contribution in [0.25, 0.3) is 0 Å². The molecule has 0 aromatic heterocycles. The zero-order valence-electron chi connectivity index (χ0n) is 1.71. The second-order valence-corrected chi connectivity index (χ2v) is 0. The molecule has 0 aromatic rings. The van der Waals surface area contributed by atoms with Gasteiger partial charge in [0.05, 0.1) is 0 Å². The standard InChI is InChI=1S/Ca.K.Mg.H3P.4H/h;;;1H3;;;;. The molecule has 0 aliphatic carbocycles. The van der Waals surface area contributed by atoms with Gasteiger partial charge in [0.1, 0.15) is 0 Å². The van der Waals surface area contributed by atoms with Gasteiger partial charge < -0.3 is 0 Å². The van der Waals surface area contributed by atoms with E-state index in [0.717, 1.165) is 0 Å². The fraction of sp³-hybridized carbons (Fsp3) is 0. The van der Waals surface area contributed by atoms with Gasteiger partial charge >= 0.3 is 60.8 Å². The van der Waals surface area contributed by atoms with Gasteiger partial charge in [-0.15, -0.1) is 0 Å². The summed E-state index contributed by atoms with van der Waals surface area (Å²) in [6.45, 7) is 0. The van der Waals surface area contributed by atoms with Gasteiger partial charge in [0.15, 0.2) is 0 Å². The number of hydrogen-bond donors (Lipinski definition) is 0. The average molecular weight is 142 g/mol.